The van der Waals surface area contributed by atoms with Crippen LogP contribution in [0.5, 0.6) is 0 Å². The molecule has 1 aliphatic carbocycles. The summed E-state index contributed by atoms with van der Waals surface area (Å²) >= 11 is 0. The average molecular weight is 557 g/mol. The summed E-state index contributed by atoms with van der Waals surface area (Å²) in [7, 11) is 4.20. The summed E-state index contributed by atoms with van der Waals surface area (Å²) < 4.78 is 0. The first kappa shape index (κ1) is 27.4. The Morgan fingerprint density at radius 1 is 0.881 bits per heavy atom. The van der Waals surface area contributed by atoms with Gasteiger partial charge in [0.15, 0.2) is 0 Å². The summed E-state index contributed by atoms with van der Waals surface area (Å²) in [6.45, 7) is 1.94. The molecule has 1 heterocycles. The Hall–Kier alpha value is -4.75. The molecule has 0 saturated heterocycles. The molecule has 1 unspecified atom stereocenters. The average Bonchev–Trinajstić information content (AvgIpc) is 3.01. The fraction of sp³-hybridized carbons (Fsp3) is 0.229. The topological polar surface area (TPSA) is 82.2 Å². The van der Waals surface area contributed by atoms with Crippen LogP contribution < -0.4 is 16.0 Å². The number of urea groups is 1. The van der Waals surface area contributed by atoms with E-state index in [0.29, 0.717) is 5.95 Å². The summed E-state index contributed by atoms with van der Waals surface area (Å²) in [5.41, 5.74) is 7.28. The number of nitrogens with zero attached hydrogens (tertiary/aromatic N) is 3. The maximum absolute atomic E-state index is 12.8. The minimum atomic E-state index is -0.268. The quantitative estimate of drug-likeness (QED) is 0.165. The fourth-order valence-electron chi connectivity index (χ4n) is 5.69. The van der Waals surface area contributed by atoms with Crippen molar-refractivity contribution in [3.63, 3.8) is 0 Å². The lowest BCUT2D eigenvalue weighted by Crippen LogP contribution is -2.19. The molecule has 3 N–H and O–H groups in total. The van der Waals surface area contributed by atoms with Crippen molar-refractivity contribution in [1.82, 2.24) is 14.9 Å². The first-order valence-corrected chi connectivity index (χ1v) is 14.5. The lowest BCUT2D eigenvalue weighted by Gasteiger charge is -2.27. The second-order valence-electron chi connectivity index (χ2n) is 11.1. The Kier molecular flexibility index (Phi) is 8.10. The van der Waals surface area contributed by atoms with Gasteiger partial charge in [-0.2, -0.15) is 0 Å². The van der Waals surface area contributed by atoms with Gasteiger partial charge in [0.25, 0.3) is 0 Å². The van der Waals surface area contributed by atoms with Gasteiger partial charge in [0.1, 0.15) is 0 Å². The van der Waals surface area contributed by atoms with Crippen molar-refractivity contribution in [3.05, 3.63) is 114 Å². The number of hydrogen-bond acceptors (Lipinski definition) is 5. The van der Waals surface area contributed by atoms with Crippen LogP contribution in [0.2, 0.25) is 0 Å². The van der Waals surface area contributed by atoms with E-state index in [2.05, 4.69) is 76.3 Å². The number of rotatable bonds is 9. The molecule has 1 aliphatic rings. The molecule has 0 radical (unpaired) electrons. The summed E-state index contributed by atoms with van der Waals surface area (Å²) in [4.78, 5) is 24.6. The van der Waals surface area contributed by atoms with E-state index in [0.717, 1.165) is 71.3 Å². The Morgan fingerprint density at radius 2 is 1.67 bits per heavy atom. The van der Waals surface area contributed by atoms with Gasteiger partial charge in [-0.25, -0.2) is 14.8 Å². The van der Waals surface area contributed by atoms with Crippen LogP contribution in [0.1, 0.15) is 35.4 Å². The Morgan fingerprint density at radius 3 is 2.52 bits per heavy atom. The molecular weight excluding hydrogens is 520 g/mol. The second-order valence-corrected chi connectivity index (χ2v) is 11.1. The van der Waals surface area contributed by atoms with Gasteiger partial charge in [-0.15, -0.1) is 0 Å². The molecule has 6 rings (SSSR count). The van der Waals surface area contributed by atoms with E-state index in [1.807, 2.05) is 60.8 Å². The molecule has 4 aromatic carbocycles. The number of hydrogen-bond donors (Lipinski definition) is 3. The van der Waals surface area contributed by atoms with Crippen molar-refractivity contribution in [2.45, 2.75) is 25.2 Å². The number of fused-ring (bicyclic) bond motifs is 4. The first-order valence-electron chi connectivity index (χ1n) is 14.5. The number of carbonyl (C=O) groups is 1. The molecule has 42 heavy (non-hydrogen) atoms. The van der Waals surface area contributed by atoms with Gasteiger partial charge >= 0.3 is 6.03 Å². The summed E-state index contributed by atoms with van der Waals surface area (Å²) in [5, 5.41) is 11.5. The first-order chi connectivity index (χ1) is 20.5. The third-order valence-electron chi connectivity index (χ3n) is 7.80. The number of nitrogens with one attached hydrogen (secondary N) is 3. The Bertz CT molecular complexity index is 1690. The number of benzene rings is 4. The predicted octanol–water partition coefficient (Wildman–Crippen LogP) is 7.38. The highest BCUT2D eigenvalue weighted by Crippen LogP contribution is 2.42. The van der Waals surface area contributed by atoms with E-state index in [1.165, 1.54) is 11.1 Å². The van der Waals surface area contributed by atoms with Crippen molar-refractivity contribution in [2.75, 3.05) is 43.1 Å². The number of amides is 2. The third kappa shape index (κ3) is 6.11. The normalized spacial score (nSPS) is 13.8. The van der Waals surface area contributed by atoms with Gasteiger partial charge in [0.2, 0.25) is 5.95 Å². The Labute approximate surface area is 247 Å². The highest BCUT2D eigenvalue weighted by Gasteiger charge is 2.27. The third-order valence-corrected chi connectivity index (χ3v) is 7.80. The van der Waals surface area contributed by atoms with Crippen molar-refractivity contribution >= 4 is 34.1 Å². The summed E-state index contributed by atoms with van der Waals surface area (Å²) in [6, 6.07) is 30.3. The van der Waals surface area contributed by atoms with Gasteiger partial charge in [-0.05, 0) is 80.2 Å². The zero-order valence-electron chi connectivity index (χ0n) is 24.1. The van der Waals surface area contributed by atoms with Crippen molar-refractivity contribution in [2.24, 2.45) is 0 Å². The van der Waals surface area contributed by atoms with Crippen LogP contribution in [0.4, 0.5) is 22.1 Å². The maximum Gasteiger partial charge on any atom is 0.323 e. The van der Waals surface area contributed by atoms with Crippen LogP contribution in [-0.4, -0.2) is 48.1 Å². The molecule has 0 bridgehead atoms. The molecule has 0 spiro atoms. The molecule has 0 fully saturated rings. The zero-order valence-corrected chi connectivity index (χ0v) is 24.1. The molecule has 5 aromatic rings. The van der Waals surface area contributed by atoms with Crippen molar-refractivity contribution in [1.29, 1.82) is 0 Å². The van der Waals surface area contributed by atoms with Crippen molar-refractivity contribution < 1.29 is 4.79 Å². The van der Waals surface area contributed by atoms with Crippen LogP contribution in [-0.2, 0) is 6.42 Å². The molecule has 0 aliphatic heterocycles. The van der Waals surface area contributed by atoms with E-state index in [-0.39, 0.29) is 11.9 Å². The number of anilines is 3. The summed E-state index contributed by atoms with van der Waals surface area (Å²) in [6.07, 6.45) is 5.01. The smallest absolute Gasteiger partial charge is 0.323 e. The standard InChI is InChI=1S/C35H36N6O/c1-41(2)21-8-7-20-36-34-37-23-26-22-31(29-13-5-6-14-30(29)33(26)40-34)25-16-18-27(19-17-25)38-35(42)39-32-15-9-11-24-10-3-4-12-28(24)32/h3-6,9-19,23,31H,7-8,20-22H2,1-2H3,(H,36,37,40)(H2,38,39,42). The molecule has 2 amide bonds. The fourth-order valence-corrected chi connectivity index (χ4v) is 5.69. The van der Waals surface area contributed by atoms with Crippen LogP contribution in [0.15, 0.2) is 97.2 Å². The molecule has 1 atom stereocenters. The second kappa shape index (κ2) is 12.4. The largest absolute Gasteiger partial charge is 0.354 e. The lowest BCUT2D eigenvalue weighted by atomic mass is 9.78. The van der Waals surface area contributed by atoms with Gasteiger partial charge in [-0.3, -0.25) is 0 Å². The summed E-state index contributed by atoms with van der Waals surface area (Å²) in [5.74, 6) is 0.866. The van der Waals surface area contributed by atoms with Gasteiger partial charge in [0.05, 0.1) is 11.4 Å². The maximum atomic E-state index is 12.8. The SMILES string of the molecule is CN(C)CCCCNc1ncc2c(n1)-c1ccccc1C(c1ccc(NC(=O)Nc3cccc4ccccc34)cc1)C2. The van der Waals surface area contributed by atoms with Crippen LogP contribution >= 0.6 is 0 Å². The monoisotopic (exact) mass is 556 g/mol. The van der Waals surface area contributed by atoms with E-state index in [1.54, 1.807) is 0 Å². The van der Waals surface area contributed by atoms with Gasteiger partial charge < -0.3 is 20.9 Å². The van der Waals surface area contributed by atoms with Crippen LogP contribution in [0.3, 0.4) is 0 Å². The minimum Gasteiger partial charge on any atom is -0.354 e. The van der Waals surface area contributed by atoms with E-state index in [4.69, 9.17) is 4.98 Å². The molecule has 212 valence electrons. The lowest BCUT2D eigenvalue weighted by molar-refractivity contribution is 0.262. The highest BCUT2D eigenvalue weighted by atomic mass is 16.2. The minimum absolute atomic E-state index is 0.181. The van der Waals surface area contributed by atoms with Crippen molar-refractivity contribution in [3.8, 4) is 11.3 Å². The van der Waals surface area contributed by atoms with E-state index >= 15 is 0 Å². The van der Waals surface area contributed by atoms with Gasteiger partial charge in [-0.1, -0.05) is 72.8 Å². The molecule has 7 nitrogen and oxygen atoms in total. The Balaban J connectivity index is 1.14. The molecule has 0 saturated carbocycles. The number of carbonyl (C=O) groups excluding carboxylic acids is 1. The molecular formula is C35H36N6O. The zero-order chi connectivity index (χ0) is 28.9. The van der Waals surface area contributed by atoms with Crippen LogP contribution in [0.25, 0.3) is 22.0 Å². The van der Waals surface area contributed by atoms with Gasteiger partial charge in [0, 0.05) is 35.3 Å². The number of unbranched alkanes of at least 4 members (excludes halogenated alkanes) is 1. The van der Waals surface area contributed by atoms with E-state index < -0.39 is 0 Å². The molecule has 1 aromatic heterocycles. The van der Waals surface area contributed by atoms with E-state index in [9.17, 15) is 4.79 Å². The molecule has 7 heteroatoms. The predicted molar refractivity (Wildman–Crippen MR) is 172 cm³/mol. The van der Waals surface area contributed by atoms with Crippen LogP contribution in [0, 0.1) is 0 Å². The number of aromatic nitrogens is 2. The highest BCUT2D eigenvalue weighted by molar-refractivity contribution is 6.06.